The van der Waals surface area contributed by atoms with Crippen molar-refractivity contribution in [3.8, 4) is 0 Å². The van der Waals surface area contributed by atoms with E-state index in [1.165, 1.54) is 0 Å². The topological polar surface area (TPSA) is 88.3 Å². The lowest BCUT2D eigenvalue weighted by Crippen LogP contribution is -2.37. The van der Waals surface area contributed by atoms with Crippen LogP contribution in [0.3, 0.4) is 0 Å². The first kappa shape index (κ1) is 24.4. The van der Waals surface area contributed by atoms with Crippen LogP contribution >= 0.6 is 11.6 Å². The molecule has 2 rings (SSSR count). The Morgan fingerprint density at radius 1 is 1.20 bits per heavy atom. The van der Waals surface area contributed by atoms with E-state index >= 15 is 0 Å². The van der Waals surface area contributed by atoms with Crippen LogP contribution in [0.5, 0.6) is 0 Å². The molecule has 6 nitrogen and oxygen atoms in total. The molecule has 0 aliphatic heterocycles. The van der Waals surface area contributed by atoms with Crippen LogP contribution < -0.4 is 5.32 Å². The number of alkyl halides is 1. The summed E-state index contributed by atoms with van der Waals surface area (Å²) in [6.45, 7) is 10.3. The number of hydrogen-bond donors (Lipinski definition) is 2. The van der Waals surface area contributed by atoms with Crippen LogP contribution in [0.25, 0.3) is 0 Å². The molecule has 2 unspecified atom stereocenters. The molecule has 0 radical (unpaired) electrons. The van der Waals surface area contributed by atoms with E-state index in [1.54, 1.807) is 0 Å². The fourth-order valence-electron chi connectivity index (χ4n) is 4.72. The van der Waals surface area contributed by atoms with Crippen molar-refractivity contribution in [1.82, 2.24) is 4.98 Å². The smallest absolute Gasteiger partial charge is 0.342 e. The monoisotopic (exact) mass is 438 g/mol. The van der Waals surface area contributed by atoms with E-state index in [9.17, 15) is 14.4 Å². The van der Waals surface area contributed by atoms with Gasteiger partial charge in [0.25, 0.3) is 0 Å². The second kappa shape index (κ2) is 11.0. The van der Waals surface area contributed by atoms with E-state index in [1.807, 2.05) is 13.8 Å². The molecule has 1 aromatic heterocycles. The van der Waals surface area contributed by atoms with E-state index in [2.05, 4.69) is 31.1 Å². The Hall–Kier alpha value is -1.82. The van der Waals surface area contributed by atoms with Gasteiger partial charge in [0, 0.05) is 12.3 Å². The number of nitrogens with one attached hydrogen (secondary N) is 2. The van der Waals surface area contributed by atoms with Crippen LogP contribution in [0.2, 0.25) is 0 Å². The summed E-state index contributed by atoms with van der Waals surface area (Å²) in [4.78, 5) is 40.2. The summed E-state index contributed by atoms with van der Waals surface area (Å²) >= 11 is 5.68. The molecule has 1 heterocycles. The number of H-pyrrole nitrogens is 1. The highest BCUT2D eigenvalue weighted by Crippen LogP contribution is 2.37. The number of carbonyl (C=O) groups excluding carboxylic acids is 3. The van der Waals surface area contributed by atoms with E-state index in [4.69, 9.17) is 16.3 Å². The number of aromatic amines is 1. The van der Waals surface area contributed by atoms with E-state index in [0.717, 1.165) is 19.3 Å². The number of hydrogen-bond acceptors (Lipinski definition) is 4. The molecular weight excluding hydrogens is 404 g/mol. The Morgan fingerprint density at radius 2 is 1.83 bits per heavy atom. The molecule has 1 saturated carbocycles. The minimum atomic E-state index is -0.489. The van der Waals surface area contributed by atoms with Gasteiger partial charge in [-0.1, -0.05) is 34.6 Å². The zero-order valence-corrected chi connectivity index (χ0v) is 19.5. The number of ether oxygens (including phenoxy) is 1. The van der Waals surface area contributed by atoms with Gasteiger partial charge in [-0.15, -0.1) is 11.6 Å². The quantitative estimate of drug-likeness (QED) is 0.230. The molecule has 168 valence electrons. The summed E-state index contributed by atoms with van der Waals surface area (Å²) in [6.07, 6.45) is 4.21. The van der Waals surface area contributed by atoms with Crippen molar-refractivity contribution in [2.45, 2.75) is 78.7 Å². The number of aldehydes is 1. The van der Waals surface area contributed by atoms with Gasteiger partial charge in [0.2, 0.25) is 5.91 Å². The van der Waals surface area contributed by atoms with Crippen molar-refractivity contribution in [3.63, 3.8) is 0 Å². The fourth-order valence-corrected chi connectivity index (χ4v) is 4.91. The zero-order valence-electron chi connectivity index (χ0n) is 18.7. The lowest BCUT2D eigenvalue weighted by molar-refractivity contribution is -0.116. The van der Waals surface area contributed by atoms with E-state index in [0.29, 0.717) is 42.2 Å². The third kappa shape index (κ3) is 5.87. The standard InChI is InChI=1S/C23H35ClN2O4/c1-13(2)19-17(12-27)25-22(26-18(28)8-6-7-9-24)20(19)23(29)30-21-15(4)10-14(3)11-16(21)5/h12-16,21,25H,6-11H2,1-5H3,(H,26,28). The van der Waals surface area contributed by atoms with Crippen molar-refractivity contribution in [2.24, 2.45) is 17.8 Å². The SMILES string of the molecule is CC1CC(C)C(OC(=O)c2c(NC(=O)CCCCCl)[nH]c(C=O)c2C(C)C)C(C)C1. The Balaban J connectivity index is 2.31. The normalized spacial score (nSPS) is 24.0. The third-order valence-electron chi connectivity index (χ3n) is 5.93. The van der Waals surface area contributed by atoms with Crippen molar-refractivity contribution in [3.05, 3.63) is 16.8 Å². The summed E-state index contributed by atoms with van der Waals surface area (Å²) in [6, 6.07) is 0. The van der Waals surface area contributed by atoms with Gasteiger partial charge >= 0.3 is 5.97 Å². The molecule has 1 aliphatic carbocycles. The Kier molecular flexibility index (Phi) is 8.95. The Labute approximate surface area is 184 Å². The first-order valence-corrected chi connectivity index (χ1v) is 11.5. The molecular formula is C23H35ClN2O4. The van der Waals surface area contributed by atoms with Gasteiger partial charge in [-0.05, 0) is 54.9 Å². The predicted molar refractivity (Wildman–Crippen MR) is 119 cm³/mol. The maximum Gasteiger partial charge on any atom is 0.342 e. The van der Waals surface area contributed by atoms with Gasteiger partial charge in [0.1, 0.15) is 17.5 Å². The molecule has 1 fully saturated rings. The molecule has 0 spiro atoms. The molecule has 2 N–H and O–H groups in total. The molecule has 7 heteroatoms. The van der Waals surface area contributed by atoms with Gasteiger partial charge in [-0.2, -0.15) is 0 Å². The predicted octanol–water partition coefficient (Wildman–Crippen LogP) is 5.53. The average Bonchev–Trinajstić information content (AvgIpc) is 3.03. The number of rotatable bonds is 9. The minimum Gasteiger partial charge on any atom is -0.458 e. The zero-order chi connectivity index (χ0) is 22.4. The lowest BCUT2D eigenvalue weighted by atomic mass is 9.75. The maximum atomic E-state index is 13.3. The minimum absolute atomic E-state index is 0.0906. The summed E-state index contributed by atoms with van der Waals surface area (Å²) in [7, 11) is 0. The van der Waals surface area contributed by atoms with Crippen LogP contribution in [0, 0.1) is 17.8 Å². The number of carbonyl (C=O) groups is 3. The van der Waals surface area contributed by atoms with Crippen LogP contribution in [0.15, 0.2) is 0 Å². The van der Waals surface area contributed by atoms with Gasteiger partial charge < -0.3 is 15.0 Å². The number of halogens is 1. The molecule has 0 aromatic carbocycles. The van der Waals surface area contributed by atoms with Gasteiger partial charge in [-0.25, -0.2) is 4.79 Å². The van der Waals surface area contributed by atoms with Crippen molar-refractivity contribution in [1.29, 1.82) is 0 Å². The first-order valence-electron chi connectivity index (χ1n) is 11.0. The van der Waals surface area contributed by atoms with Crippen LogP contribution in [0.4, 0.5) is 5.82 Å². The summed E-state index contributed by atoms with van der Waals surface area (Å²) in [5.74, 6) is 1.05. The van der Waals surface area contributed by atoms with Crippen molar-refractivity contribution < 1.29 is 19.1 Å². The van der Waals surface area contributed by atoms with Crippen molar-refractivity contribution in [2.75, 3.05) is 11.2 Å². The first-order chi connectivity index (χ1) is 14.2. The number of aromatic nitrogens is 1. The Bertz CT molecular complexity index is 747. The van der Waals surface area contributed by atoms with Crippen LogP contribution in [-0.2, 0) is 9.53 Å². The molecule has 0 bridgehead atoms. The highest BCUT2D eigenvalue weighted by atomic mass is 35.5. The Morgan fingerprint density at radius 3 is 2.37 bits per heavy atom. The number of anilines is 1. The fraction of sp³-hybridized carbons (Fsp3) is 0.696. The van der Waals surface area contributed by atoms with E-state index in [-0.39, 0.29) is 41.1 Å². The van der Waals surface area contributed by atoms with Crippen molar-refractivity contribution >= 4 is 35.6 Å². The summed E-state index contributed by atoms with van der Waals surface area (Å²) in [5.41, 5.74) is 1.14. The second-order valence-corrected chi connectivity index (χ2v) is 9.45. The molecule has 1 aliphatic rings. The summed E-state index contributed by atoms with van der Waals surface area (Å²) < 4.78 is 5.98. The molecule has 1 aromatic rings. The van der Waals surface area contributed by atoms with Crippen LogP contribution in [0.1, 0.15) is 99.1 Å². The van der Waals surface area contributed by atoms with Gasteiger partial charge in [0.05, 0.1) is 5.69 Å². The second-order valence-electron chi connectivity index (χ2n) is 9.07. The maximum absolute atomic E-state index is 13.3. The molecule has 1 amide bonds. The third-order valence-corrected chi connectivity index (χ3v) is 6.20. The lowest BCUT2D eigenvalue weighted by Gasteiger charge is -2.37. The molecule has 2 atom stereocenters. The largest absolute Gasteiger partial charge is 0.458 e. The molecule has 0 saturated heterocycles. The molecule has 30 heavy (non-hydrogen) atoms. The average molecular weight is 439 g/mol. The highest BCUT2D eigenvalue weighted by molar-refractivity contribution is 6.17. The van der Waals surface area contributed by atoms with Gasteiger partial charge in [0.15, 0.2) is 6.29 Å². The number of amides is 1. The summed E-state index contributed by atoms with van der Waals surface area (Å²) in [5, 5.41) is 2.77. The van der Waals surface area contributed by atoms with Gasteiger partial charge in [-0.3, -0.25) is 9.59 Å². The van der Waals surface area contributed by atoms with Crippen LogP contribution in [-0.4, -0.2) is 35.1 Å². The van der Waals surface area contributed by atoms with E-state index < -0.39 is 5.97 Å². The number of unbranched alkanes of at least 4 members (excludes halogenated alkanes) is 1. The number of esters is 1. The highest BCUT2D eigenvalue weighted by Gasteiger charge is 2.36.